The van der Waals surface area contributed by atoms with E-state index in [0.29, 0.717) is 9.28 Å². The summed E-state index contributed by atoms with van der Waals surface area (Å²) in [6.45, 7) is 0.937. The van der Waals surface area contributed by atoms with Crippen molar-refractivity contribution in [3.63, 3.8) is 0 Å². The highest BCUT2D eigenvalue weighted by Gasteiger charge is 2.22. The van der Waals surface area contributed by atoms with Gasteiger partial charge in [-0.05, 0) is 96.7 Å². The molecule has 1 saturated heterocycles. The van der Waals surface area contributed by atoms with Gasteiger partial charge in [0.1, 0.15) is 8.31 Å². The SMILES string of the molecule is c1ccc2cc3cc4c(ccc5cc6cccc([Si]7CCCO[Si]7)c6cc54)cc3cc2c1. The second-order valence-corrected chi connectivity index (χ2v) is 13.7. The molecule has 0 aromatic heterocycles. The molecule has 1 aliphatic rings. The Bertz CT molecular complexity index is 1670. The maximum Gasteiger partial charge on any atom is 0.215 e. The highest BCUT2D eigenvalue weighted by Crippen LogP contribution is 2.33. The maximum atomic E-state index is 5.90. The lowest BCUT2D eigenvalue weighted by Crippen LogP contribution is -2.41. The number of benzene rings is 6. The zero-order valence-corrected chi connectivity index (χ0v) is 19.7. The van der Waals surface area contributed by atoms with Crippen LogP contribution in [0.5, 0.6) is 0 Å². The highest BCUT2D eigenvalue weighted by molar-refractivity contribution is 7.17. The van der Waals surface area contributed by atoms with E-state index in [9.17, 15) is 0 Å². The van der Waals surface area contributed by atoms with E-state index in [0.717, 1.165) is 6.61 Å². The van der Waals surface area contributed by atoms with Crippen molar-refractivity contribution >= 4 is 76.6 Å². The summed E-state index contributed by atoms with van der Waals surface area (Å²) in [5, 5.41) is 14.9. The minimum absolute atomic E-state index is 0.624. The van der Waals surface area contributed by atoms with Gasteiger partial charge in [-0.1, -0.05) is 65.8 Å². The number of hydrogen-bond donors (Lipinski definition) is 0. The monoisotopic (exact) mass is 441 g/mol. The van der Waals surface area contributed by atoms with Crippen LogP contribution in [-0.2, 0) is 4.43 Å². The molecular weight excluding hydrogens is 420 g/mol. The summed E-state index contributed by atoms with van der Waals surface area (Å²) >= 11 is 0. The van der Waals surface area contributed by atoms with E-state index in [1.165, 1.54) is 66.3 Å². The Kier molecular flexibility index (Phi) is 4.22. The van der Waals surface area contributed by atoms with Crippen molar-refractivity contribution < 1.29 is 4.43 Å². The van der Waals surface area contributed by atoms with Gasteiger partial charge >= 0.3 is 0 Å². The summed E-state index contributed by atoms with van der Waals surface area (Å²) in [5.41, 5.74) is 0. The Morgan fingerprint density at radius 3 is 1.94 bits per heavy atom. The third-order valence-electron chi connectivity index (χ3n) is 6.85. The van der Waals surface area contributed by atoms with Gasteiger partial charge in [0.05, 0.1) is 0 Å². The molecule has 3 radical (unpaired) electrons. The van der Waals surface area contributed by atoms with Gasteiger partial charge in [0, 0.05) is 6.61 Å². The standard InChI is InChI=1S/C29H21OSi2/c1-2-6-20-14-25-17-26-23(16-24(25)13-19(20)5-1)10-9-22-15-21-7-3-8-29(28(21)18-27(22)26)32-12-4-11-30-31-32/h1-3,5-10,13-18H,4,11-12H2. The van der Waals surface area contributed by atoms with Crippen molar-refractivity contribution in [3.05, 3.63) is 91.0 Å². The predicted octanol–water partition coefficient (Wildman–Crippen LogP) is 6.69. The van der Waals surface area contributed by atoms with Crippen LogP contribution in [0.1, 0.15) is 6.42 Å². The van der Waals surface area contributed by atoms with Gasteiger partial charge in [0.25, 0.3) is 0 Å². The van der Waals surface area contributed by atoms with Gasteiger partial charge in [0.2, 0.25) is 9.28 Å². The van der Waals surface area contributed by atoms with Crippen LogP contribution in [0.15, 0.2) is 91.0 Å². The van der Waals surface area contributed by atoms with Gasteiger partial charge in [-0.2, -0.15) is 0 Å². The van der Waals surface area contributed by atoms with Crippen LogP contribution < -0.4 is 5.19 Å². The molecule has 0 spiro atoms. The molecule has 0 atom stereocenters. The molecule has 6 aromatic rings. The summed E-state index contributed by atoms with van der Waals surface area (Å²) in [4.78, 5) is 0. The fourth-order valence-corrected chi connectivity index (χ4v) is 10.1. The molecule has 0 amide bonds. The fraction of sp³-hybridized carbons (Fsp3) is 0.103. The Morgan fingerprint density at radius 1 is 0.562 bits per heavy atom. The van der Waals surface area contributed by atoms with Crippen LogP contribution in [0, 0.1) is 0 Å². The average molecular weight is 442 g/mol. The van der Waals surface area contributed by atoms with Crippen LogP contribution in [0.2, 0.25) is 6.04 Å². The van der Waals surface area contributed by atoms with E-state index < -0.39 is 8.31 Å². The molecule has 0 bridgehead atoms. The minimum Gasteiger partial charge on any atom is -0.421 e. The van der Waals surface area contributed by atoms with Gasteiger partial charge in [-0.15, -0.1) is 0 Å². The van der Waals surface area contributed by atoms with Crippen LogP contribution in [0.3, 0.4) is 0 Å². The fourth-order valence-electron chi connectivity index (χ4n) is 5.24. The number of hydrogen-bond acceptors (Lipinski definition) is 1. The van der Waals surface area contributed by atoms with Gasteiger partial charge in [-0.3, -0.25) is 0 Å². The lowest BCUT2D eigenvalue weighted by molar-refractivity contribution is 0.336. The van der Waals surface area contributed by atoms with E-state index in [1.54, 1.807) is 5.19 Å². The molecule has 1 fully saturated rings. The molecule has 0 aliphatic carbocycles. The van der Waals surface area contributed by atoms with Crippen molar-refractivity contribution in [2.24, 2.45) is 0 Å². The van der Waals surface area contributed by atoms with Crippen molar-refractivity contribution in [1.82, 2.24) is 0 Å². The molecule has 0 saturated carbocycles. The Balaban J connectivity index is 1.53. The topological polar surface area (TPSA) is 9.23 Å². The van der Waals surface area contributed by atoms with Crippen LogP contribution in [0.4, 0.5) is 0 Å². The Morgan fingerprint density at radius 2 is 1.19 bits per heavy atom. The van der Waals surface area contributed by atoms with E-state index in [2.05, 4.69) is 91.0 Å². The lowest BCUT2D eigenvalue weighted by atomic mass is 9.95. The minimum atomic E-state index is -0.624. The molecule has 1 heterocycles. The largest absolute Gasteiger partial charge is 0.421 e. The third-order valence-corrected chi connectivity index (χ3v) is 12.1. The summed E-state index contributed by atoms with van der Waals surface area (Å²) in [7, 11) is 0.0471. The normalized spacial score (nSPS) is 15.4. The van der Waals surface area contributed by atoms with Gasteiger partial charge < -0.3 is 4.43 Å². The average Bonchev–Trinajstić information content (AvgIpc) is 2.85. The van der Waals surface area contributed by atoms with Crippen LogP contribution >= 0.6 is 0 Å². The zero-order valence-electron chi connectivity index (χ0n) is 17.7. The van der Waals surface area contributed by atoms with Crippen LogP contribution in [-0.4, -0.2) is 24.2 Å². The molecule has 0 unspecified atom stereocenters. The number of fused-ring (bicyclic) bond motifs is 6. The second kappa shape index (κ2) is 7.27. The van der Waals surface area contributed by atoms with Crippen LogP contribution in [0.25, 0.3) is 53.9 Å². The zero-order chi connectivity index (χ0) is 21.1. The smallest absolute Gasteiger partial charge is 0.215 e. The first-order valence-corrected chi connectivity index (χ1v) is 14.9. The highest BCUT2D eigenvalue weighted by atomic mass is 29.2. The summed E-state index contributed by atoms with van der Waals surface area (Å²) < 4.78 is 5.90. The van der Waals surface area contributed by atoms with E-state index >= 15 is 0 Å². The van der Waals surface area contributed by atoms with E-state index in [1.807, 2.05) is 0 Å². The number of rotatable bonds is 1. The van der Waals surface area contributed by atoms with Gasteiger partial charge in [0.15, 0.2) is 0 Å². The third kappa shape index (κ3) is 2.93. The van der Waals surface area contributed by atoms with Crippen molar-refractivity contribution in [2.75, 3.05) is 6.61 Å². The summed E-state index contributed by atoms with van der Waals surface area (Å²) in [6, 6.07) is 35.7. The molecule has 1 nitrogen and oxygen atoms in total. The van der Waals surface area contributed by atoms with Crippen molar-refractivity contribution in [3.8, 4) is 0 Å². The summed E-state index contributed by atoms with van der Waals surface area (Å²) in [6.07, 6.45) is 1.20. The molecule has 3 heteroatoms. The predicted molar refractivity (Wildman–Crippen MR) is 140 cm³/mol. The Hall–Kier alpha value is -2.99. The quantitative estimate of drug-likeness (QED) is 0.157. The Labute approximate surface area is 191 Å². The van der Waals surface area contributed by atoms with Crippen molar-refractivity contribution in [1.29, 1.82) is 0 Å². The molecule has 0 N–H and O–H groups in total. The molecule has 6 aromatic carbocycles. The first-order chi connectivity index (χ1) is 15.8. The van der Waals surface area contributed by atoms with E-state index in [-0.39, 0.29) is 0 Å². The van der Waals surface area contributed by atoms with Gasteiger partial charge in [-0.25, -0.2) is 0 Å². The summed E-state index contributed by atoms with van der Waals surface area (Å²) in [5.74, 6) is 0. The van der Waals surface area contributed by atoms with Crippen molar-refractivity contribution in [2.45, 2.75) is 12.5 Å². The maximum absolute atomic E-state index is 5.90. The van der Waals surface area contributed by atoms with E-state index in [4.69, 9.17) is 4.43 Å². The first-order valence-electron chi connectivity index (χ1n) is 11.3. The molecule has 151 valence electrons. The second-order valence-electron chi connectivity index (χ2n) is 8.82. The molecule has 32 heavy (non-hydrogen) atoms. The lowest BCUT2D eigenvalue weighted by Gasteiger charge is -2.21. The first kappa shape index (κ1) is 18.6. The molecule has 7 rings (SSSR count). The molecular formula is C29H21OSi2. The molecule has 1 aliphatic heterocycles.